The van der Waals surface area contributed by atoms with E-state index in [1.165, 1.54) is 0 Å². The van der Waals surface area contributed by atoms with Gasteiger partial charge in [-0.15, -0.1) is 0 Å². The van der Waals surface area contributed by atoms with Crippen LogP contribution in [0.15, 0.2) is 0 Å². The van der Waals surface area contributed by atoms with Crippen molar-refractivity contribution in [3.63, 3.8) is 0 Å². The van der Waals surface area contributed by atoms with E-state index >= 15 is 0 Å². The number of amides is 1. The average molecular weight is 183 g/mol. The number of carbonyl (C=O) groups excluding carboxylic acids is 2. The fourth-order valence-electron chi connectivity index (χ4n) is 2.07. The van der Waals surface area contributed by atoms with E-state index in [-0.39, 0.29) is 5.78 Å². The number of rotatable bonds is 0. The molecule has 0 aromatic heterocycles. The highest BCUT2D eigenvalue weighted by atomic mass is 16.6. The third kappa shape index (κ3) is 1.41. The van der Waals surface area contributed by atoms with Crippen molar-refractivity contribution in [3.8, 4) is 0 Å². The van der Waals surface area contributed by atoms with Crippen LogP contribution >= 0.6 is 0 Å². The molecule has 1 aliphatic heterocycles. The van der Waals surface area contributed by atoms with E-state index in [4.69, 9.17) is 4.74 Å². The highest BCUT2D eigenvalue weighted by Gasteiger charge is 2.45. The molecule has 0 bridgehead atoms. The number of hydrogen-bond acceptors (Lipinski definition) is 3. The summed E-state index contributed by atoms with van der Waals surface area (Å²) < 4.78 is 5.13. The third-order valence-corrected chi connectivity index (χ3v) is 2.83. The number of carbonyl (C=O) groups is 2. The standard InChI is InChI=1S/C9H13NO3/c11-7-3-1-2-4-9(7)5-6-10-8(12)13-9/h1-6H2,(H,10,12)/t9-/m1/s1. The lowest BCUT2D eigenvalue weighted by Crippen LogP contribution is -2.53. The molecule has 2 aliphatic rings. The predicted molar refractivity (Wildman–Crippen MR) is 45.3 cm³/mol. The summed E-state index contributed by atoms with van der Waals surface area (Å²) in [6.07, 6.45) is 3.39. The SMILES string of the molecule is O=C1NCC[C@@]2(CCCCC2=O)O1. The largest absolute Gasteiger partial charge is 0.435 e. The normalized spacial score (nSPS) is 34.2. The number of hydrogen-bond donors (Lipinski definition) is 1. The zero-order valence-corrected chi connectivity index (χ0v) is 7.47. The highest BCUT2D eigenvalue weighted by Crippen LogP contribution is 2.33. The van der Waals surface area contributed by atoms with Gasteiger partial charge in [-0.05, 0) is 19.3 Å². The monoisotopic (exact) mass is 183 g/mol. The van der Waals surface area contributed by atoms with Crippen molar-refractivity contribution in [2.75, 3.05) is 6.54 Å². The van der Waals surface area contributed by atoms with Gasteiger partial charge >= 0.3 is 6.09 Å². The fourth-order valence-corrected chi connectivity index (χ4v) is 2.07. The van der Waals surface area contributed by atoms with Gasteiger partial charge in [-0.3, -0.25) is 4.79 Å². The zero-order chi connectivity index (χ0) is 9.31. The molecule has 13 heavy (non-hydrogen) atoms. The van der Waals surface area contributed by atoms with Crippen molar-refractivity contribution < 1.29 is 14.3 Å². The highest BCUT2D eigenvalue weighted by molar-refractivity contribution is 5.90. The maximum absolute atomic E-state index is 11.6. The summed E-state index contributed by atoms with van der Waals surface area (Å²) in [7, 11) is 0. The van der Waals surface area contributed by atoms with E-state index < -0.39 is 11.7 Å². The zero-order valence-electron chi connectivity index (χ0n) is 7.47. The smallest absolute Gasteiger partial charge is 0.408 e. The van der Waals surface area contributed by atoms with Crippen molar-refractivity contribution >= 4 is 11.9 Å². The lowest BCUT2D eigenvalue weighted by atomic mass is 9.80. The summed E-state index contributed by atoms with van der Waals surface area (Å²) in [6, 6.07) is 0. The van der Waals surface area contributed by atoms with Crippen molar-refractivity contribution in [2.24, 2.45) is 0 Å². The van der Waals surface area contributed by atoms with E-state index in [1.54, 1.807) is 0 Å². The first-order chi connectivity index (χ1) is 6.23. The molecule has 0 aromatic carbocycles. The second kappa shape index (κ2) is 3.01. The van der Waals surface area contributed by atoms with Crippen LogP contribution in [0.4, 0.5) is 4.79 Å². The van der Waals surface area contributed by atoms with E-state index in [0.29, 0.717) is 25.8 Å². The average Bonchev–Trinajstić information content (AvgIpc) is 2.11. The molecular weight excluding hydrogens is 170 g/mol. The van der Waals surface area contributed by atoms with Gasteiger partial charge < -0.3 is 10.1 Å². The molecule has 1 atom stereocenters. The number of ether oxygens (including phenoxy) is 1. The van der Waals surface area contributed by atoms with Gasteiger partial charge in [-0.2, -0.15) is 0 Å². The Bertz CT molecular complexity index is 247. The van der Waals surface area contributed by atoms with Gasteiger partial charge in [-0.25, -0.2) is 4.79 Å². The second-order valence-corrected chi connectivity index (χ2v) is 3.69. The maximum Gasteiger partial charge on any atom is 0.408 e. The first-order valence-electron chi connectivity index (χ1n) is 4.73. The van der Waals surface area contributed by atoms with Crippen molar-refractivity contribution in [2.45, 2.75) is 37.7 Å². The van der Waals surface area contributed by atoms with Gasteiger partial charge in [0.1, 0.15) is 0 Å². The fraction of sp³-hybridized carbons (Fsp3) is 0.778. The lowest BCUT2D eigenvalue weighted by molar-refractivity contribution is -0.144. The molecule has 1 spiro atoms. The Hall–Kier alpha value is -1.06. The van der Waals surface area contributed by atoms with Gasteiger partial charge in [0.05, 0.1) is 0 Å². The van der Waals surface area contributed by atoms with Crippen LogP contribution in [0, 0.1) is 0 Å². The molecule has 1 aliphatic carbocycles. The summed E-state index contributed by atoms with van der Waals surface area (Å²) in [5.41, 5.74) is -0.763. The molecule has 0 aromatic rings. The van der Waals surface area contributed by atoms with Crippen LogP contribution in [0.5, 0.6) is 0 Å². The minimum absolute atomic E-state index is 0.105. The van der Waals surface area contributed by atoms with Crippen LogP contribution in [0.1, 0.15) is 32.1 Å². The third-order valence-electron chi connectivity index (χ3n) is 2.83. The molecule has 4 nitrogen and oxygen atoms in total. The maximum atomic E-state index is 11.6. The Morgan fingerprint density at radius 2 is 2.08 bits per heavy atom. The summed E-state index contributed by atoms with van der Waals surface area (Å²) in [5.74, 6) is 0.105. The lowest BCUT2D eigenvalue weighted by Gasteiger charge is -2.38. The van der Waals surface area contributed by atoms with Crippen LogP contribution in [0.25, 0.3) is 0 Å². The molecule has 4 heteroatoms. The van der Waals surface area contributed by atoms with E-state index in [9.17, 15) is 9.59 Å². The molecule has 2 fully saturated rings. The van der Waals surface area contributed by atoms with E-state index in [0.717, 1.165) is 12.8 Å². The first-order valence-corrected chi connectivity index (χ1v) is 4.73. The molecule has 1 N–H and O–H groups in total. The quantitative estimate of drug-likeness (QED) is 0.609. The number of ketones is 1. The summed E-state index contributed by atoms with van der Waals surface area (Å²) in [5, 5.41) is 2.56. The molecule has 2 rings (SSSR count). The van der Waals surface area contributed by atoms with Gasteiger partial charge in [0.25, 0.3) is 0 Å². The van der Waals surface area contributed by atoms with Gasteiger partial charge in [0.15, 0.2) is 11.4 Å². The minimum Gasteiger partial charge on any atom is -0.435 e. The summed E-state index contributed by atoms with van der Waals surface area (Å²) in [6.45, 7) is 0.560. The predicted octanol–water partition coefficient (Wildman–Crippen LogP) is 0.998. The Morgan fingerprint density at radius 3 is 2.77 bits per heavy atom. The summed E-state index contributed by atoms with van der Waals surface area (Å²) >= 11 is 0. The van der Waals surface area contributed by atoms with Crippen LogP contribution in [-0.2, 0) is 9.53 Å². The molecular formula is C9H13NO3. The first kappa shape index (κ1) is 8.53. The number of Topliss-reactive ketones (excluding diaryl/α,β-unsaturated/α-hetero) is 1. The molecule has 72 valence electrons. The Kier molecular flexibility index (Phi) is 1.98. The van der Waals surface area contributed by atoms with E-state index in [2.05, 4.69) is 5.32 Å². The Labute approximate surface area is 76.6 Å². The number of alkyl carbamates (subject to hydrolysis) is 1. The molecule has 0 radical (unpaired) electrons. The molecule has 1 saturated heterocycles. The Morgan fingerprint density at radius 1 is 1.23 bits per heavy atom. The van der Waals surface area contributed by atoms with Crippen molar-refractivity contribution in [1.29, 1.82) is 0 Å². The van der Waals surface area contributed by atoms with Gasteiger partial charge in [0.2, 0.25) is 0 Å². The molecule has 1 heterocycles. The van der Waals surface area contributed by atoms with Crippen molar-refractivity contribution in [3.05, 3.63) is 0 Å². The van der Waals surface area contributed by atoms with Crippen LogP contribution < -0.4 is 5.32 Å². The van der Waals surface area contributed by atoms with Crippen LogP contribution in [0.2, 0.25) is 0 Å². The van der Waals surface area contributed by atoms with Crippen LogP contribution in [-0.4, -0.2) is 24.0 Å². The van der Waals surface area contributed by atoms with Crippen LogP contribution in [0.3, 0.4) is 0 Å². The van der Waals surface area contributed by atoms with Gasteiger partial charge in [0, 0.05) is 19.4 Å². The molecule has 1 amide bonds. The summed E-state index contributed by atoms with van der Waals surface area (Å²) in [4.78, 5) is 22.6. The minimum atomic E-state index is -0.763. The second-order valence-electron chi connectivity index (χ2n) is 3.69. The Balaban J connectivity index is 2.16. The van der Waals surface area contributed by atoms with Crippen molar-refractivity contribution in [1.82, 2.24) is 5.32 Å². The molecule has 1 saturated carbocycles. The van der Waals surface area contributed by atoms with Gasteiger partial charge in [-0.1, -0.05) is 0 Å². The molecule has 0 unspecified atom stereocenters. The van der Waals surface area contributed by atoms with E-state index in [1.807, 2.05) is 0 Å². The number of nitrogens with one attached hydrogen (secondary N) is 1. The topological polar surface area (TPSA) is 55.4 Å².